The number of carbonyl (C=O) groups excluding carboxylic acids is 1. The van der Waals surface area contributed by atoms with Crippen LogP contribution in [0.5, 0.6) is 0 Å². The number of anilines is 1. The van der Waals surface area contributed by atoms with E-state index in [0.29, 0.717) is 30.9 Å². The molecule has 1 unspecified atom stereocenters. The molecule has 0 radical (unpaired) electrons. The maximum absolute atomic E-state index is 13.6. The molecular formula is C21H23F2N5O. The van der Waals surface area contributed by atoms with Gasteiger partial charge in [0.05, 0.1) is 6.20 Å². The zero-order chi connectivity index (χ0) is 20.4. The van der Waals surface area contributed by atoms with Crippen LogP contribution < -0.4 is 10.6 Å². The third-order valence-corrected chi connectivity index (χ3v) is 5.31. The summed E-state index contributed by atoms with van der Waals surface area (Å²) >= 11 is 0. The average Bonchev–Trinajstić information content (AvgIpc) is 3.10. The molecule has 0 bridgehead atoms. The predicted octanol–water partition coefficient (Wildman–Crippen LogP) is 3.96. The van der Waals surface area contributed by atoms with Crippen LogP contribution in [-0.4, -0.2) is 32.5 Å². The normalized spacial score (nSPS) is 18.5. The summed E-state index contributed by atoms with van der Waals surface area (Å²) in [7, 11) is 0. The Balaban J connectivity index is 1.49. The van der Waals surface area contributed by atoms with Gasteiger partial charge in [0.1, 0.15) is 11.4 Å². The van der Waals surface area contributed by atoms with Gasteiger partial charge in [0.2, 0.25) is 5.92 Å². The Bertz CT molecular complexity index is 1030. The number of alkyl halides is 2. The van der Waals surface area contributed by atoms with E-state index in [0.717, 1.165) is 5.56 Å². The first-order valence-corrected chi connectivity index (χ1v) is 9.73. The van der Waals surface area contributed by atoms with Crippen molar-refractivity contribution < 1.29 is 13.6 Å². The van der Waals surface area contributed by atoms with Crippen molar-refractivity contribution in [3.8, 4) is 0 Å². The lowest BCUT2D eigenvalue weighted by atomic mass is 9.92. The second-order valence-electron chi connectivity index (χ2n) is 7.54. The highest BCUT2D eigenvalue weighted by atomic mass is 19.3. The van der Waals surface area contributed by atoms with E-state index in [2.05, 4.69) is 20.7 Å². The Kier molecular flexibility index (Phi) is 5.17. The number of aromatic nitrogens is 3. The minimum atomic E-state index is -2.72. The molecule has 0 aliphatic heterocycles. The molecule has 1 fully saturated rings. The Hall–Kier alpha value is -3.03. The van der Waals surface area contributed by atoms with Crippen LogP contribution in [-0.2, 0) is 6.54 Å². The monoisotopic (exact) mass is 399 g/mol. The number of amides is 1. The Morgan fingerprint density at radius 3 is 2.93 bits per heavy atom. The quantitative estimate of drug-likeness (QED) is 0.681. The summed E-state index contributed by atoms with van der Waals surface area (Å²) in [5.41, 5.74) is 2.99. The molecule has 1 aliphatic carbocycles. The van der Waals surface area contributed by atoms with Gasteiger partial charge in [-0.05, 0) is 37.0 Å². The van der Waals surface area contributed by atoms with E-state index in [4.69, 9.17) is 0 Å². The zero-order valence-corrected chi connectivity index (χ0v) is 16.2. The third kappa shape index (κ3) is 4.36. The van der Waals surface area contributed by atoms with Crippen molar-refractivity contribution in [3.63, 3.8) is 0 Å². The van der Waals surface area contributed by atoms with Crippen molar-refractivity contribution in [2.24, 2.45) is 0 Å². The van der Waals surface area contributed by atoms with Crippen LogP contribution in [0.3, 0.4) is 0 Å². The lowest BCUT2D eigenvalue weighted by molar-refractivity contribution is -0.0429. The van der Waals surface area contributed by atoms with Gasteiger partial charge in [0, 0.05) is 31.6 Å². The van der Waals surface area contributed by atoms with E-state index < -0.39 is 17.9 Å². The highest BCUT2D eigenvalue weighted by Gasteiger charge is 2.37. The van der Waals surface area contributed by atoms with E-state index in [9.17, 15) is 13.6 Å². The average molecular weight is 399 g/mol. The van der Waals surface area contributed by atoms with Gasteiger partial charge in [-0.1, -0.05) is 24.3 Å². The molecule has 1 atom stereocenters. The van der Waals surface area contributed by atoms with Gasteiger partial charge in [0.25, 0.3) is 5.91 Å². The van der Waals surface area contributed by atoms with Crippen molar-refractivity contribution >= 4 is 17.4 Å². The van der Waals surface area contributed by atoms with Crippen LogP contribution in [0.25, 0.3) is 5.65 Å². The standard InChI is InChI=1S/C21H23F2N5O/c1-14-5-2-3-6-15(14)12-24-18-8-10-28-19(27-18)17(13-25-28)20(29)26-16-7-4-9-21(22,23)11-16/h2-3,5-6,8,10,13,16H,4,7,9,11-12H2,1H3,(H,24,27)(H,26,29). The van der Waals surface area contributed by atoms with Crippen molar-refractivity contribution in [3.05, 3.63) is 59.4 Å². The molecule has 1 aromatic carbocycles. The number of nitrogens with zero attached hydrogens (tertiary/aromatic N) is 3. The van der Waals surface area contributed by atoms with E-state index in [1.165, 1.54) is 16.3 Å². The molecular weight excluding hydrogens is 376 g/mol. The second-order valence-corrected chi connectivity index (χ2v) is 7.54. The number of halogens is 2. The van der Waals surface area contributed by atoms with Crippen LogP contribution in [0.2, 0.25) is 0 Å². The third-order valence-electron chi connectivity index (χ3n) is 5.31. The van der Waals surface area contributed by atoms with Gasteiger partial charge >= 0.3 is 0 Å². The Labute approximate surface area is 167 Å². The first-order chi connectivity index (χ1) is 13.9. The fraction of sp³-hybridized carbons (Fsp3) is 0.381. The van der Waals surface area contributed by atoms with Gasteiger partial charge in [-0.15, -0.1) is 0 Å². The fourth-order valence-electron chi connectivity index (χ4n) is 3.68. The molecule has 6 nitrogen and oxygen atoms in total. The SMILES string of the molecule is Cc1ccccc1CNc1ccn2ncc(C(=O)NC3CCCC(F)(F)C3)c2n1. The lowest BCUT2D eigenvalue weighted by Crippen LogP contribution is -2.42. The van der Waals surface area contributed by atoms with Crippen molar-refractivity contribution in [1.82, 2.24) is 19.9 Å². The highest BCUT2D eigenvalue weighted by Crippen LogP contribution is 2.33. The summed E-state index contributed by atoms with van der Waals surface area (Å²) < 4.78 is 28.7. The second kappa shape index (κ2) is 7.77. The van der Waals surface area contributed by atoms with Gasteiger partial charge in [-0.2, -0.15) is 5.10 Å². The molecule has 29 heavy (non-hydrogen) atoms. The summed E-state index contributed by atoms with van der Waals surface area (Å²) in [5.74, 6) is -2.53. The van der Waals surface area contributed by atoms with Crippen LogP contribution >= 0.6 is 0 Å². The molecule has 2 aromatic heterocycles. The molecule has 4 rings (SSSR count). The zero-order valence-electron chi connectivity index (χ0n) is 16.2. The van der Waals surface area contributed by atoms with Gasteiger partial charge in [0.15, 0.2) is 5.65 Å². The molecule has 1 amide bonds. The first-order valence-electron chi connectivity index (χ1n) is 9.73. The van der Waals surface area contributed by atoms with Crippen LogP contribution in [0.4, 0.5) is 14.6 Å². The minimum Gasteiger partial charge on any atom is -0.366 e. The lowest BCUT2D eigenvalue weighted by Gasteiger charge is -2.29. The fourth-order valence-corrected chi connectivity index (χ4v) is 3.68. The summed E-state index contributed by atoms with van der Waals surface area (Å²) in [6.07, 6.45) is 3.65. The molecule has 0 spiro atoms. The number of nitrogens with one attached hydrogen (secondary N) is 2. The summed E-state index contributed by atoms with van der Waals surface area (Å²) in [6, 6.07) is 9.29. The number of benzene rings is 1. The predicted molar refractivity (Wildman–Crippen MR) is 106 cm³/mol. The molecule has 1 saturated carbocycles. The Morgan fingerprint density at radius 2 is 2.14 bits per heavy atom. The van der Waals surface area contributed by atoms with Crippen molar-refractivity contribution in [2.45, 2.75) is 51.1 Å². The summed E-state index contributed by atoms with van der Waals surface area (Å²) in [6.45, 7) is 2.64. The molecule has 3 aromatic rings. The van der Waals surface area contributed by atoms with Crippen LogP contribution in [0.15, 0.2) is 42.7 Å². The summed E-state index contributed by atoms with van der Waals surface area (Å²) in [5, 5.41) is 10.1. The number of hydrogen-bond acceptors (Lipinski definition) is 4. The maximum atomic E-state index is 13.6. The van der Waals surface area contributed by atoms with E-state index >= 15 is 0 Å². The molecule has 0 saturated heterocycles. The number of hydrogen-bond donors (Lipinski definition) is 2. The van der Waals surface area contributed by atoms with E-state index in [1.807, 2.05) is 31.2 Å². The smallest absolute Gasteiger partial charge is 0.256 e. The van der Waals surface area contributed by atoms with Crippen LogP contribution in [0.1, 0.15) is 47.2 Å². The van der Waals surface area contributed by atoms with Crippen molar-refractivity contribution in [2.75, 3.05) is 5.32 Å². The first kappa shape index (κ1) is 19.3. The van der Waals surface area contributed by atoms with E-state index in [-0.39, 0.29) is 18.4 Å². The maximum Gasteiger partial charge on any atom is 0.256 e. The largest absolute Gasteiger partial charge is 0.366 e. The number of fused-ring (bicyclic) bond motifs is 1. The Morgan fingerprint density at radius 1 is 1.31 bits per heavy atom. The number of carbonyl (C=O) groups is 1. The highest BCUT2D eigenvalue weighted by molar-refractivity contribution is 5.99. The minimum absolute atomic E-state index is 0.118. The molecule has 152 valence electrons. The van der Waals surface area contributed by atoms with E-state index in [1.54, 1.807) is 12.3 Å². The molecule has 1 aliphatic rings. The van der Waals surface area contributed by atoms with Gasteiger partial charge < -0.3 is 10.6 Å². The van der Waals surface area contributed by atoms with Crippen LogP contribution in [0, 0.1) is 6.92 Å². The number of aryl methyl sites for hydroxylation is 1. The summed E-state index contributed by atoms with van der Waals surface area (Å²) in [4.78, 5) is 17.2. The molecule has 2 heterocycles. The molecule has 2 N–H and O–H groups in total. The topological polar surface area (TPSA) is 71.3 Å². The molecule has 8 heteroatoms. The van der Waals surface area contributed by atoms with Gasteiger partial charge in [-0.25, -0.2) is 18.3 Å². The van der Waals surface area contributed by atoms with Gasteiger partial charge in [-0.3, -0.25) is 4.79 Å². The van der Waals surface area contributed by atoms with Crippen molar-refractivity contribution in [1.29, 1.82) is 0 Å². The number of rotatable bonds is 5.